The first-order chi connectivity index (χ1) is 16.5. The molecule has 0 saturated heterocycles. The van der Waals surface area contributed by atoms with Crippen LogP contribution in [-0.2, 0) is 26.6 Å². The number of aryl methyl sites for hydroxylation is 2. The van der Waals surface area contributed by atoms with Crippen LogP contribution in [0.4, 0.5) is 11.6 Å². The highest BCUT2D eigenvalue weighted by atomic mass is 16.5. The highest BCUT2D eigenvalue weighted by Gasteiger charge is 2.30. The molecule has 1 atom stereocenters. The molecule has 5 rings (SSSR count). The molecule has 176 valence electrons. The van der Waals surface area contributed by atoms with Gasteiger partial charge in [0.25, 0.3) is 5.56 Å². The lowest BCUT2D eigenvalue weighted by Gasteiger charge is -2.33. The van der Waals surface area contributed by atoms with Crippen molar-refractivity contribution in [2.75, 3.05) is 18.6 Å². The quantitative estimate of drug-likeness (QED) is 0.442. The standard InChI is InChI=1S/C26H29N5O3/c1-18-16-30(20-12-7-13-21(15-20)34-3)25-27-23-22(31(25)17-18)24(32)29(26(33)28(23)2)14-8-11-19-9-5-4-6-10-19/h4-7,9-10,12-13,15,18H,8,11,14,16-17H2,1-3H3/t18-/m0/s1. The van der Waals surface area contributed by atoms with Gasteiger partial charge < -0.3 is 14.2 Å². The lowest BCUT2D eigenvalue weighted by molar-refractivity contribution is 0.414. The third-order valence-electron chi connectivity index (χ3n) is 6.50. The monoisotopic (exact) mass is 459 g/mol. The molecule has 0 radical (unpaired) electrons. The zero-order valence-electron chi connectivity index (χ0n) is 19.8. The first-order valence-corrected chi connectivity index (χ1v) is 11.6. The van der Waals surface area contributed by atoms with E-state index < -0.39 is 0 Å². The SMILES string of the molecule is COc1cccc(N2C[C@H](C)Cn3c2nc2c3c(=O)n(CCCc3ccccc3)c(=O)n2C)c1. The first kappa shape index (κ1) is 22.0. The Morgan fingerprint density at radius 3 is 2.62 bits per heavy atom. The minimum atomic E-state index is -0.331. The minimum absolute atomic E-state index is 0.274. The summed E-state index contributed by atoms with van der Waals surface area (Å²) in [6.45, 7) is 3.95. The maximum absolute atomic E-state index is 13.6. The number of nitrogens with zero attached hydrogens (tertiary/aromatic N) is 5. The third-order valence-corrected chi connectivity index (χ3v) is 6.50. The van der Waals surface area contributed by atoms with Crippen molar-refractivity contribution < 1.29 is 4.74 Å². The normalized spacial score (nSPS) is 15.5. The number of anilines is 2. The van der Waals surface area contributed by atoms with Gasteiger partial charge >= 0.3 is 5.69 Å². The van der Waals surface area contributed by atoms with E-state index in [1.165, 1.54) is 14.7 Å². The number of imidazole rings is 1. The topological polar surface area (TPSA) is 74.3 Å². The highest BCUT2D eigenvalue weighted by Crippen LogP contribution is 2.34. The average Bonchev–Trinajstić information content (AvgIpc) is 3.24. The predicted molar refractivity (Wildman–Crippen MR) is 133 cm³/mol. The van der Waals surface area contributed by atoms with E-state index in [1.54, 1.807) is 14.2 Å². The molecule has 0 saturated carbocycles. The molecule has 0 spiro atoms. The van der Waals surface area contributed by atoms with Crippen LogP contribution in [0.2, 0.25) is 0 Å². The van der Waals surface area contributed by atoms with Gasteiger partial charge in [0.2, 0.25) is 5.95 Å². The summed E-state index contributed by atoms with van der Waals surface area (Å²) >= 11 is 0. The molecule has 3 heterocycles. The van der Waals surface area contributed by atoms with E-state index in [4.69, 9.17) is 9.72 Å². The van der Waals surface area contributed by atoms with E-state index in [1.807, 2.05) is 47.0 Å². The Morgan fingerprint density at radius 2 is 1.85 bits per heavy atom. The van der Waals surface area contributed by atoms with E-state index in [2.05, 4.69) is 24.0 Å². The van der Waals surface area contributed by atoms with Crippen molar-refractivity contribution in [2.45, 2.75) is 32.9 Å². The second-order valence-electron chi connectivity index (χ2n) is 9.00. The third kappa shape index (κ3) is 3.79. The van der Waals surface area contributed by atoms with Gasteiger partial charge in [-0.15, -0.1) is 0 Å². The van der Waals surface area contributed by atoms with Crippen LogP contribution in [-0.4, -0.2) is 32.3 Å². The van der Waals surface area contributed by atoms with Crippen LogP contribution in [0.25, 0.3) is 11.2 Å². The van der Waals surface area contributed by atoms with E-state index >= 15 is 0 Å². The van der Waals surface area contributed by atoms with Gasteiger partial charge in [0, 0.05) is 38.4 Å². The zero-order valence-corrected chi connectivity index (χ0v) is 19.8. The Bertz CT molecular complexity index is 1450. The fourth-order valence-electron chi connectivity index (χ4n) is 4.78. The summed E-state index contributed by atoms with van der Waals surface area (Å²) in [7, 11) is 3.33. The van der Waals surface area contributed by atoms with Gasteiger partial charge in [-0.05, 0) is 36.5 Å². The van der Waals surface area contributed by atoms with Gasteiger partial charge in [-0.2, -0.15) is 4.98 Å². The van der Waals surface area contributed by atoms with Crippen molar-refractivity contribution in [3.63, 3.8) is 0 Å². The van der Waals surface area contributed by atoms with E-state index in [9.17, 15) is 9.59 Å². The molecule has 2 aromatic carbocycles. The average molecular weight is 460 g/mol. The second kappa shape index (κ2) is 8.85. The number of hydrogen-bond donors (Lipinski definition) is 0. The molecule has 0 amide bonds. The number of hydrogen-bond acceptors (Lipinski definition) is 5. The van der Waals surface area contributed by atoms with Crippen LogP contribution in [0.15, 0.2) is 64.2 Å². The van der Waals surface area contributed by atoms with E-state index in [-0.39, 0.29) is 11.2 Å². The summed E-state index contributed by atoms with van der Waals surface area (Å²) in [6.07, 6.45) is 1.51. The Morgan fingerprint density at radius 1 is 1.06 bits per heavy atom. The molecule has 4 aromatic rings. The van der Waals surface area contributed by atoms with Crippen LogP contribution in [0, 0.1) is 5.92 Å². The highest BCUT2D eigenvalue weighted by molar-refractivity contribution is 5.77. The summed E-state index contributed by atoms with van der Waals surface area (Å²) in [6, 6.07) is 17.9. The van der Waals surface area contributed by atoms with Crippen molar-refractivity contribution in [3.05, 3.63) is 81.0 Å². The Hall–Kier alpha value is -3.81. The molecular formula is C26H29N5O3. The van der Waals surface area contributed by atoms with E-state index in [0.29, 0.717) is 42.5 Å². The molecule has 0 fully saturated rings. The van der Waals surface area contributed by atoms with Gasteiger partial charge in [0.05, 0.1) is 7.11 Å². The summed E-state index contributed by atoms with van der Waals surface area (Å²) in [5.41, 5.74) is 2.43. The van der Waals surface area contributed by atoms with Crippen molar-refractivity contribution in [2.24, 2.45) is 13.0 Å². The largest absolute Gasteiger partial charge is 0.497 e. The fraction of sp³-hybridized carbons (Fsp3) is 0.346. The molecule has 0 N–H and O–H groups in total. The van der Waals surface area contributed by atoms with Gasteiger partial charge in [0.15, 0.2) is 11.2 Å². The lowest BCUT2D eigenvalue weighted by atomic mass is 10.1. The Balaban J connectivity index is 1.58. The van der Waals surface area contributed by atoms with Crippen LogP contribution in [0.5, 0.6) is 5.75 Å². The van der Waals surface area contributed by atoms with Crippen LogP contribution >= 0.6 is 0 Å². The number of ether oxygens (including phenoxy) is 1. The smallest absolute Gasteiger partial charge is 0.332 e. The summed E-state index contributed by atoms with van der Waals surface area (Å²) in [4.78, 5) is 33.6. The first-order valence-electron chi connectivity index (χ1n) is 11.6. The molecule has 1 aliphatic rings. The molecule has 0 aliphatic carbocycles. The van der Waals surface area contributed by atoms with Gasteiger partial charge in [-0.3, -0.25) is 13.9 Å². The van der Waals surface area contributed by atoms with E-state index in [0.717, 1.165) is 24.4 Å². The number of aromatic nitrogens is 4. The lowest BCUT2D eigenvalue weighted by Crippen LogP contribution is -2.40. The molecule has 0 unspecified atom stereocenters. The predicted octanol–water partition coefficient (Wildman–Crippen LogP) is 3.33. The summed E-state index contributed by atoms with van der Waals surface area (Å²) in [5.74, 6) is 1.72. The number of fused-ring (bicyclic) bond motifs is 3. The Labute approximate surface area is 197 Å². The molecule has 0 bridgehead atoms. The molecule has 34 heavy (non-hydrogen) atoms. The van der Waals surface area contributed by atoms with Crippen molar-refractivity contribution in [3.8, 4) is 5.75 Å². The Kier molecular flexibility index (Phi) is 5.73. The molecular weight excluding hydrogens is 430 g/mol. The fourth-order valence-corrected chi connectivity index (χ4v) is 4.78. The summed E-state index contributed by atoms with van der Waals surface area (Å²) in [5, 5.41) is 0. The maximum atomic E-state index is 13.6. The molecule has 2 aromatic heterocycles. The summed E-state index contributed by atoms with van der Waals surface area (Å²) < 4.78 is 10.2. The maximum Gasteiger partial charge on any atom is 0.332 e. The van der Waals surface area contributed by atoms with Crippen molar-refractivity contribution in [1.29, 1.82) is 0 Å². The molecule has 8 nitrogen and oxygen atoms in total. The van der Waals surface area contributed by atoms with Gasteiger partial charge in [-0.25, -0.2) is 4.79 Å². The van der Waals surface area contributed by atoms with Crippen LogP contribution in [0.1, 0.15) is 18.9 Å². The van der Waals surface area contributed by atoms with Gasteiger partial charge in [-0.1, -0.05) is 43.3 Å². The number of methoxy groups -OCH3 is 1. The van der Waals surface area contributed by atoms with Crippen LogP contribution < -0.4 is 20.9 Å². The van der Waals surface area contributed by atoms with Gasteiger partial charge in [0.1, 0.15) is 5.75 Å². The number of benzene rings is 2. The molecule has 1 aliphatic heterocycles. The van der Waals surface area contributed by atoms with Crippen LogP contribution in [0.3, 0.4) is 0 Å². The minimum Gasteiger partial charge on any atom is -0.497 e. The molecule has 8 heteroatoms. The number of rotatable bonds is 6. The van der Waals surface area contributed by atoms with Crippen molar-refractivity contribution in [1.82, 2.24) is 18.7 Å². The van der Waals surface area contributed by atoms with Crippen molar-refractivity contribution >= 4 is 22.8 Å². The second-order valence-corrected chi connectivity index (χ2v) is 9.00. The zero-order chi connectivity index (χ0) is 23.8.